The molecule has 1 aromatic carbocycles. The second-order valence-corrected chi connectivity index (χ2v) is 6.38. The van der Waals surface area contributed by atoms with Crippen molar-refractivity contribution in [2.75, 3.05) is 0 Å². The lowest BCUT2D eigenvalue weighted by molar-refractivity contribution is -0.384. The third-order valence-electron chi connectivity index (χ3n) is 4.55. The molecule has 1 aliphatic heterocycles. The van der Waals surface area contributed by atoms with Gasteiger partial charge in [0.25, 0.3) is 5.69 Å². The van der Waals surface area contributed by atoms with Crippen LogP contribution in [0.4, 0.5) is 5.69 Å². The number of rotatable bonds is 4. The average Bonchev–Trinajstić information content (AvgIpc) is 3.03. The fourth-order valence-electron chi connectivity index (χ4n) is 3.27. The second kappa shape index (κ2) is 6.96. The van der Waals surface area contributed by atoms with Crippen LogP contribution in [0.1, 0.15) is 33.1 Å². The SMILES string of the molecule is C[C@H]1CCC[C@H](C)N1C(=O)Cn1nnc(-c2ccc([N+](=O)[O-])cc2)n1. The number of amides is 1. The van der Waals surface area contributed by atoms with Gasteiger partial charge in [-0.15, -0.1) is 10.2 Å². The van der Waals surface area contributed by atoms with Gasteiger partial charge in [0, 0.05) is 29.8 Å². The Morgan fingerprint density at radius 2 is 1.88 bits per heavy atom. The number of carbonyl (C=O) groups excluding carboxylic acids is 1. The van der Waals surface area contributed by atoms with Crippen LogP contribution in [0.2, 0.25) is 0 Å². The molecule has 0 unspecified atom stereocenters. The number of nitro groups is 1. The molecule has 25 heavy (non-hydrogen) atoms. The average molecular weight is 344 g/mol. The highest BCUT2D eigenvalue weighted by Crippen LogP contribution is 2.23. The van der Waals surface area contributed by atoms with Crippen LogP contribution in [0.15, 0.2) is 24.3 Å². The summed E-state index contributed by atoms with van der Waals surface area (Å²) in [6, 6.07) is 6.34. The Morgan fingerprint density at radius 3 is 2.48 bits per heavy atom. The molecule has 2 aromatic rings. The molecule has 1 amide bonds. The van der Waals surface area contributed by atoms with E-state index in [4.69, 9.17) is 0 Å². The molecule has 0 N–H and O–H groups in total. The van der Waals surface area contributed by atoms with Crippen LogP contribution in [-0.4, -0.2) is 48.0 Å². The third-order valence-corrected chi connectivity index (χ3v) is 4.55. The van der Waals surface area contributed by atoms with Gasteiger partial charge in [-0.2, -0.15) is 4.80 Å². The standard InChI is InChI=1S/C16H20N6O3/c1-11-4-3-5-12(2)21(11)15(23)10-20-18-16(17-19-20)13-6-8-14(9-7-13)22(24)25/h6-9,11-12H,3-5,10H2,1-2H3/t11-,12-/m0/s1. The Morgan fingerprint density at radius 1 is 1.24 bits per heavy atom. The van der Waals surface area contributed by atoms with Gasteiger partial charge in [-0.05, 0) is 50.5 Å². The van der Waals surface area contributed by atoms with E-state index in [0.29, 0.717) is 11.4 Å². The van der Waals surface area contributed by atoms with Crippen LogP contribution in [0.5, 0.6) is 0 Å². The first-order chi connectivity index (χ1) is 12.0. The van der Waals surface area contributed by atoms with Crippen molar-refractivity contribution in [1.82, 2.24) is 25.1 Å². The molecule has 1 aromatic heterocycles. The van der Waals surface area contributed by atoms with Crippen molar-refractivity contribution in [1.29, 1.82) is 0 Å². The number of non-ortho nitro benzene ring substituents is 1. The normalized spacial score (nSPS) is 20.5. The Labute approximate surface area is 144 Å². The fourth-order valence-corrected chi connectivity index (χ4v) is 3.27. The number of piperidine rings is 1. The third kappa shape index (κ3) is 3.65. The summed E-state index contributed by atoms with van der Waals surface area (Å²) >= 11 is 0. The molecule has 0 saturated carbocycles. The monoisotopic (exact) mass is 344 g/mol. The van der Waals surface area contributed by atoms with E-state index < -0.39 is 4.92 Å². The first-order valence-corrected chi connectivity index (χ1v) is 8.29. The maximum Gasteiger partial charge on any atom is 0.269 e. The molecular weight excluding hydrogens is 324 g/mol. The minimum absolute atomic E-state index is 0.000562. The molecular formula is C16H20N6O3. The molecule has 9 nitrogen and oxygen atoms in total. The van der Waals surface area contributed by atoms with Gasteiger partial charge in [-0.3, -0.25) is 14.9 Å². The number of likely N-dealkylation sites (tertiary alicyclic amines) is 1. The summed E-state index contributed by atoms with van der Waals surface area (Å²) in [5.41, 5.74) is 0.614. The minimum atomic E-state index is -0.465. The zero-order valence-electron chi connectivity index (χ0n) is 14.2. The van der Waals surface area contributed by atoms with E-state index >= 15 is 0 Å². The number of hydrogen-bond acceptors (Lipinski definition) is 6. The molecule has 3 rings (SSSR count). The maximum absolute atomic E-state index is 12.6. The lowest BCUT2D eigenvalue weighted by atomic mass is 9.97. The van der Waals surface area contributed by atoms with Gasteiger partial charge in [0.15, 0.2) is 0 Å². The minimum Gasteiger partial charge on any atom is -0.336 e. The quantitative estimate of drug-likeness (QED) is 0.620. The second-order valence-electron chi connectivity index (χ2n) is 6.38. The van der Waals surface area contributed by atoms with E-state index in [2.05, 4.69) is 29.3 Å². The van der Waals surface area contributed by atoms with Crippen LogP contribution < -0.4 is 0 Å². The van der Waals surface area contributed by atoms with E-state index in [0.717, 1.165) is 19.3 Å². The summed E-state index contributed by atoms with van der Waals surface area (Å²) in [6.07, 6.45) is 3.15. The zero-order valence-corrected chi connectivity index (χ0v) is 14.2. The summed E-state index contributed by atoms with van der Waals surface area (Å²) in [5, 5.41) is 22.8. The Balaban J connectivity index is 1.71. The van der Waals surface area contributed by atoms with E-state index in [-0.39, 0.29) is 30.2 Å². The highest BCUT2D eigenvalue weighted by molar-refractivity contribution is 5.76. The van der Waals surface area contributed by atoms with Crippen LogP contribution in [0, 0.1) is 10.1 Å². The van der Waals surface area contributed by atoms with Gasteiger partial charge < -0.3 is 4.90 Å². The summed E-state index contributed by atoms with van der Waals surface area (Å²) in [4.78, 5) is 26.0. The summed E-state index contributed by atoms with van der Waals surface area (Å²) < 4.78 is 0. The van der Waals surface area contributed by atoms with E-state index in [1.165, 1.54) is 16.9 Å². The molecule has 1 fully saturated rings. The van der Waals surface area contributed by atoms with Gasteiger partial charge in [0.2, 0.25) is 11.7 Å². The lowest BCUT2D eigenvalue weighted by Gasteiger charge is -2.38. The van der Waals surface area contributed by atoms with Crippen LogP contribution >= 0.6 is 0 Å². The van der Waals surface area contributed by atoms with Crippen molar-refractivity contribution < 1.29 is 9.72 Å². The molecule has 2 heterocycles. The molecule has 0 bridgehead atoms. The highest BCUT2D eigenvalue weighted by Gasteiger charge is 2.29. The summed E-state index contributed by atoms with van der Waals surface area (Å²) in [6.45, 7) is 4.16. The van der Waals surface area contributed by atoms with Gasteiger partial charge >= 0.3 is 0 Å². The van der Waals surface area contributed by atoms with Crippen molar-refractivity contribution in [3.8, 4) is 11.4 Å². The highest BCUT2D eigenvalue weighted by atomic mass is 16.6. The molecule has 0 spiro atoms. The summed E-state index contributed by atoms with van der Waals surface area (Å²) in [7, 11) is 0. The number of nitrogens with zero attached hydrogens (tertiary/aromatic N) is 6. The van der Waals surface area contributed by atoms with Crippen molar-refractivity contribution >= 4 is 11.6 Å². The van der Waals surface area contributed by atoms with Gasteiger partial charge in [0.05, 0.1) is 4.92 Å². The number of tetrazole rings is 1. The van der Waals surface area contributed by atoms with Crippen molar-refractivity contribution in [2.24, 2.45) is 0 Å². The van der Waals surface area contributed by atoms with E-state index in [1.54, 1.807) is 12.1 Å². The first-order valence-electron chi connectivity index (χ1n) is 8.29. The maximum atomic E-state index is 12.6. The van der Waals surface area contributed by atoms with Crippen LogP contribution in [0.25, 0.3) is 11.4 Å². The fraction of sp³-hybridized carbons (Fsp3) is 0.500. The van der Waals surface area contributed by atoms with Crippen molar-refractivity contribution in [3.05, 3.63) is 34.4 Å². The van der Waals surface area contributed by atoms with E-state index in [9.17, 15) is 14.9 Å². The summed E-state index contributed by atoms with van der Waals surface area (Å²) in [5.74, 6) is 0.315. The van der Waals surface area contributed by atoms with Crippen molar-refractivity contribution in [2.45, 2.75) is 51.7 Å². The molecule has 1 aliphatic rings. The molecule has 1 saturated heterocycles. The predicted octanol–water partition coefficient (Wildman–Crippen LogP) is 2.04. The smallest absolute Gasteiger partial charge is 0.269 e. The van der Waals surface area contributed by atoms with Crippen LogP contribution in [-0.2, 0) is 11.3 Å². The Bertz CT molecular complexity index is 762. The number of carbonyl (C=O) groups is 1. The number of aromatic nitrogens is 4. The topological polar surface area (TPSA) is 107 Å². The predicted molar refractivity (Wildman–Crippen MR) is 89.5 cm³/mol. The molecule has 9 heteroatoms. The van der Waals surface area contributed by atoms with Crippen molar-refractivity contribution in [3.63, 3.8) is 0 Å². The first kappa shape index (κ1) is 17.0. The largest absolute Gasteiger partial charge is 0.336 e. The molecule has 0 radical (unpaired) electrons. The number of nitro benzene ring substituents is 1. The molecule has 2 atom stereocenters. The molecule has 132 valence electrons. The number of benzene rings is 1. The molecule has 0 aliphatic carbocycles. The van der Waals surface area contributed by atoms with Crippen LogP contribution in [0.3, 0.4) is 0 Å². The number of hydrogen-bond donors (Lipinski definition) is 0. The lowest BCUT2D eigenvalue weighted by Crippen LogP contribution is -2.48. The zero-order chi connectivity index (χ0) is 18.0. The Kier molecular flexibility index (Phi) is 4.73. The van der Waals surface area contributed by atoms with Gasteiger partial charge in [-0.1, -0.05) is 0 Å². The van der Waals surface area contributed by atoms with E-state index in [1.807, 2.05) is 4.90 Å². The Hall–Kier alpha value is -2.84. The van der Waals surface area contributed by atoms with Gasteiger partial charge in [-0.25, -0.2) is 0 Å². The van der Waals surface area contributed by atoms with Gasteiger partial charge in [0.1, 0.15) is 6.54 Å².